The molecule has 138 valence electrons. The molecule has 1 fully saturated rings. The number of hydrogen-bond acceptors (Lipinski definition) is 3. The summed E-state index contributed by atoms with van der Waals surface area (Å²) in [4.78, 5) is 27.5. The van der Waals surface area contributed by atoms with Gasteiger partial charge in [0.25, 0.3) is 5.91 Å². The number of hydrogen-bond donors (Lipinski definition) is 1. The number of carbonyl (C=O) groups excluding carboxylic acids is 2. The van der Waals surface area contributed by atoms with E-state index in [1.807, 2.05) is 0 Å². The quantitative estimate of drug-likeness (QED) is 0.876. The molecule has 0 spiro atoms. The highest BCUT2D eigenvalue weighted by Gasteiger charge is 2.28. The molecular formula is C17H22F3N3O2. The van der Waals surface area contributed by atoms with Crippen LogP contribution < -0.4 is 5.32 Å². The van der Waals surface area contributed by atoms with Gasteiger partial charge in [0.2, 0.25) is 5.91 Å². The maximum absolute atomic E-state index is 12.3. The van der Waals surface area contributed by atoms with E-state index >= 15 is 0 Å². The molecule has 1 aliphatic rings. The van der Waals surface area contributed by atoms with Gasteiger partial charge in [-0.25, -0.2) is 0 Å². The average molecular weight is 357 g/mol. The molecule has 0 atom stereocenters. The average Bonchev–Trinajstić information content (AvgIpc) is 2.83. The third-order valence-electron chi connectivity index (χ3n) is 4.09. The number of carbonyl (C=O) groups is 2. The predicted molar refractivity (Wildman–Crippen MR) is 87.1 cm³/mol. The van der Waals surface area contributed by atoms with Crippen LogP contribution in [0.5, 0.6) is 0 Å². The first-order valence-corrected chi connectivity index (χ1v) is 8.25. The van der Waals surface area contributed by atoms with Gasteiger partial charge in [0.15, 0.2) is 0 Å². The lowest BCUT2D eigenvalue weighted by molar-refractivity contribution is -0.138. The van der Waals surface area contributed by atoms with Gasteiger partial charge < -0.3 is 15.1 Å². The zero-order chi connectivity index (χ0) is 18.3. The molecule has 0 bridgehead atoms. The maximum atomic E-state index is 12.3. The van der Waals surface area contributed by atoms with Gasteiger partial charge in [-0.2, -0.15) is 13.2 Å². The fourth-order valence-corrected chi connectivity index (χ4v) is 2.69. The van der Waals surface area contributed by atoms with Crippen LogP contribution in [0.25, 0.3) is 0 Å². The van der Waals surface area contributed by atoms with Crippen LogP contribution >= 0.6 is 0 Å². The number of benzene rings is 1. The Bertz CT molecular complexity index is 578. The van der Waals surface area contributed by atoms with Crippen LogP contribution in [0.1, 0.15) is 23.2 Å². The van der Waals surface area contributed by atoms with E-state index in [9.17, 15) is 22.8 Å². The number of nitrogens with zero attached hydrogens (tertiary/aromatic N) is 2. The van der Waals surface area contributed by atoms with E-state index < -0.39 is 12.6 Å². The lowest BCUT2D eigenvalue weighted by Gasteiger charge is -2.22. The number of alkyl halides is 3. The molecule has 1 aliphatic heterocycles. The van der Waals surface area contributed by atoms with Gasteiger partial charge >= 0.3 is 6.18 Å². The van der Waals surface area contributed by atoms with Crippen molar-refractivity contribution < 1.29 is 22.8 Å². The van der Waals surface area contributed by atoms with Crippen LogP contribution in [-0.4, -0.2) is 67.1 Å². The molecule has 2 amide bonds. The van der Waals surface area contributed by atoms with Crippen molar-refractivity contribution in [1.29, 1.82) is 0 Å². The molecule has 0 aliphatic carbocycles. The van der Waals surface area contributed by atoms with E-state index in [4.69, 9.17) is 0 Å². The predicted octanol–water partition coefficient (Wildman–Crippen LogP) is 1.90. The molecule has 1 saturated heterocycles. The zero-order valence-electron chi connectivity index (χ0n) is 13.9. The highest BCUT2D eigenvalue weighted by molar-refractivity contribution is 5.96. The molecule has 1 N–H and O–H groups in total. The number of amides is 2. The molecular weight excluding hydrogens is 335 g/mol. The van der Waals surface area contributed by atoms with E-state index in [0.29, 0.717) is 38.2 Å². The Labute approximate surface area is 144 Å². The maximum Gasteiger partial charge on any atom is 0.390 e. The topological polar surface area (TPSA) is 52.7 Å². The fraction of sp³-hybridized carbons (Fsp3) is 0.529. The van der Waals surface area contributed by atoms with Crippen molar-refractivity contribution in [2.75, 3.05) is 39.3 Å². The second-order valence-electron chi connectivity index (χ2n) is 5.99. The Morgan fingerprint density at radius 3 is 2.44 bits per heavy atom. The van der Waals surface area contributed by atoms with E-state index in [0.717, 1.165) is 0 Å². The fourth-order valence-electron chi connectivity index (χ4n) is 2.69. The summed E-state index contributed by atoms with van der Waals surface area (Å²) >= 11 is 0. The Balaban J connectivity index is 1.76. The second-order valence-corrected chi connectivity index (χ2v) is 5.99. The Hall–Kier alpha value is -2.09. The highest BCUT2D eigenvalue weighted by Crippen LogP contribution is 2.20. The standard InChI is InChI=1S/C17H22F3N3O2/c18-17(19,20)7-10-22-8-4-9-23(12-11-22)15(24)13-21-16(25)14-5-2-1-3-6-14/h1-3,5-6H,4,7-13H2,(H,21,25). The minimum absolute atomic E-state index is 0.0454. The van der Waals surface area contributed by atoms with E-state index in [2.05, 4.69) is 5.32 Å². The van der Waals surface area contributed by atoms with Crippen molar-refractivity contribution >= 4 is 11.8 Å². The first-order chi connectivity index (χ1) is 11.8. The van der Waals surface area contributed by atoms with Crippen LogP contribution in [0.15, 0.2) is 30.3 Å². The van der Waals surface area contributed by atoms with E-state index in [1.165, 1.54) is 0 Å². The lowest BCUT2D eigenvalue weighted by Crippen LogP contribution is -2.42. The summed E-state index contributed by atoms with van der Waals surface area (Å²) in [5.41, 5.74) is 0.476. The van der Waals surface area contributed by atoms with Crippen LogP contribution in [0, 0.1) is 0 Å². The molecule has 5 nitrogen and oxygen atoms in total. The second kappa shape index (κ2) is 8.84. The van der Waals surface area contributed by atoms with Crippen molar-refractivity contribution in [3.8, 4) is 0 Å². The molecule has 0 unspecified atom stereocenters. The van der Waals surface area contributed by atoms with Gasteiger partial charge in [0.05, 0.1) is 13.0 Å². The summed E-state index contributed by atoms with van der Waals surface area (Å²) in [6.45, 7) is 1.65. The molecule has 0 aromatic heterocycles. The van der Waals surface area contributed by atoms with Crippen molar-refractivity contribution in [2.24, 2.45) is 0 Å². The third kappa shape index (κ3) is 6.74. The smallest absolute Gasteiger partial charge is 0.343 e. The van der Waals surface area contributed by atoms with Crippen LogP contribution in [-0.2, 0) is 4.79 Å². The molecule has 0 saturated carbocycles. The van der Waals surface area contributed by atoms with Gasteiger partial charge in [-0.05, 0) is 25.1 Å². The minimum atomic E-state index is -4.16. The third-order valence-corrected chi connectivity index (χ3v) is 4.09. The summed E-state index contributed by atoms with van der Waals surface area (Å²) < 4.78 is 36.9. The van der Waals surface area contributed by atoms with E-state index in [1.54, 1.807) is 40.1 Å². The van der Waals surface area contributed by atoms with Crippen molar-refractivity contribution in [1.82, 2.24) is 15.1 Å². The van der Waals surface area contributed by atoms with Crippen LogP contribution in [0.3, 0.4) is 0 Å². The van der Waals surface area contributed by atoms with Crippen LogP contribution in [0.4, 0.5) is 13.2 Å². The molecule has 25 heavy (non-hydrogen) atoms. The number of rotatable bonds is 5. The Morgan fingerprint density at radius 2 is 1.76 bits per heavy atom. The van der Waals surface area contributed by atoms with Gasteiger partial charge in [0.1, 0.15) is 0 Å². The monoisotopic (exact) mass is 357 g/mol. The molecule has 8 heteroatoms. The van der Waals surface area contributed by atoms with E-state index in [-0.39, 0.29) is 24.9 Å². The SMILES string of the molecule is O=C(NCC(=O)N1CCCN(CCC(F)(F)F)CC1)c1ccccc1. The lowest BCUT2D eigenvalue weighted by atomic mass is 10.2. The Morgan fingerprint density at radius 1 is 1.04 bits per heavy atom. The number of nitrogens with one attached hydrogen (secondary N) is 1. The van der Waals surface area contributed by atoms with Crippen molar-refractivity contribution in [3.05, 3.63) is 35.9 Å². The van der Waals surface area contributed by atoms with Gasteiger partial charge in [0, 0.05) is 31.7 Å². The largest absolute Gasteiger partial charge is 0.390 e. The van der Waals surface area contributed by atoms with Crippen molar-refractivity contribution in [3.63, 3.8) is 0 Å². The summed E-state index contributed by atoms with van der Waals surface area (Å²) in [7, 11) is 0. The normalized spacial score (nSPS) is 16.4. The molecule has 1 aromatic carbocycles. The molecule has 2 rings (SSSR count). The first-order valence-electron chi connectivity index (χ1n) is 8.25. The molecule has 1 aromatic rings. The summed E-state index contributed by atoms with van der Waals surface area (Å²) in [6, 6.07) is 8.58. The molecule has 0 radical (unpaired) electrons. The van der Waals surface area contributed by atoms with Gasteiger partial charge in [-0.3, -0.25) is 9.59 Å². The zero-order valence-corrected chi connectivity index (χ0v) is 13.9. The summed E-state index contributed by atoms with van der Waals surface area (Å²) in [6.07, 6.45) is -4.38. The summed E-state index contributed by atoms with van der Waals surface area (Å²) in [5.74, 6) is -0.544. The number of halogens is 3. The van der Waals surface area contributed by atoms with Crippen molar-refractivity contribution in [2.45, 2.75) is 19.0 Å². The van der Waals surface area contributed by atoms with Gasteiger partial charge in [-0.1, -0.05) is 18.2 Å². The molecule has 1 heterocycles. The highest BCUT2D eigenvalue weighted by atomic mass is 19.4. The Kier molecular flexibility index (Phi) is 6.81. The minimum Gasteiger partial charge on any atom is -0.343 e. The first kappa shape index (κ1) is 19.2. The summed E-state index contributed by atoms with van der Waals surface area (Å²) in [5, 5.41) is 2.58. The van der Waals surface area contributed by atoms with Gasteiger partial charge in [-0.15, -0.1) is 0 Å². The van der Waals surface area contributed by atoms with Crippen LogP contribution in [0.2, 0.25) is 0 Å².